The van der Waals surface area contributed by atoms with Crippen LogP contribution < -0.4 is 0 Å². The standard InChI is InChI=1S/C9H11BrN2O/c1-5(13)8-7(10)4-11-9(12-8)6-2-3-6/h4-6,13H,2-3H2,1H3/t5-/m1/s1. The summed E-state index contributed by atoms with van der Waals surface area (Å²) in [5.74, 6) is 1.41. The van der Waals surface area contributed by atoms with Gasteiger partial charge < -0.3 is 5.11 Å². The molecule has 0 bridgehead atoms. The van der Waals surface area contributed by atoms with E-state index in [1.54, 1.807) is 13.1 Å². The monoisotopic (exact) mass is 242 g/mol. The molecule has 0 aliphatic heterocycles. The van der Waals surface area contributed by atoms with Crippen LogP contribution in [0.3, 0.4) is 0 Å². The van der Waals surface area contributed by atoms with Crippen LogP contribution in [0.5, 0.6) is 0 Å². The van der Waals surface area contributed by atoms with Gasteiger partial charge in [0.25, 0.3) is 0 Å². The maximum absolute atomic E-state index is 9.41. The lowest BCUT2D eigenvalue weighted by atomic mass is 10.2. The zero-order valence-electron chi connectivity index (χ0n) is 7.37. The largest absolute Gasteiger partial charge is 0.387 e. The number of aromatic nitrogens is 2. The van der Waals surface area contributed by atoms with Crippen molar-refractivity contribution >= 4 is 15.9 Å². The van der Waals surface area contributed by atoms with Gasteiger partial charge in [-0.15, -0.1) is 0 Å². The van der Waals surface area contributed by atoms with E-state index in [0.717, 1.165) is 10.3 Å². The quantitative estimate of drug-likeness (QED) is 0.865. The first-order valence-corrected chi connectivity index (χ1v) is 5.18. The van der Waals surface area contributed by atoms with Gasteiger partial charge in [0.05, 0.1) is 16.3 Å². The maximum Gasteiger partial charge on any atom is 0.131 e. The van der Waals surface area contributed by atoms with Crippen LogP contribution in [0.1, 0.15) is 43.3 Å². The second-order valence-electron chi connectivity index (χ2n) is 3.41. The second-order valence-corrected chi connectivity index (χ2v) is 4.27. The Labute approximate surface area is 85.4 Å². The molecule has 1 aliphatic rings. The molecular formula is C9H11BrN2O. The SMILES string of the molecule is C[C@@H](O)c1nc(C2CC2)ncc1Br. The van der Waals surface area contributed by atoms with Crippen LogP contribution in [-0.2, 0) is 0 Å². The number of aliphatic hydroxyl groups excluding tert-OH is 1. The summed E-state index contributed by atoms with van der Waals surface area (Å²) in [6.07, 6.45) is 3.56. The third kappa shape index (κ3) is 1.89. The van der Waals surface area contributed by atoms with Crippen molar-refractivity contribution in [3.63, 3.8) is 0 Å². The smallest absolute Gasteiger partial charge is 0.131 e. The predicted octanol–water partition coefficient (Wildman–Crippen LogP) is 2.17. The van der Waals surface area contributed by atoms with Crippen molar-refractivity contribution in [1.82, 2.24) is 9.97 Å². The van der Waals surface area contributed by atoms with E-state index in [1.807, 2.05) is 0 Å². The molecule has 1 fully saturated rings. The summed E-state index contributed by atoms with van der Waals surface area (Å²) in [4.78, 5) is 8.54. The molecule has 70 valence electrons. The molecule has 0 radical (unpaired) electrons. The lowest BCUT2D eigenvalue weighted by Gasteiger charge is -2.07. The third-order valence-corrected chi connectivity index (χ3v) is 2.74. The van der Waals surface area contributed by atoms with Gasteiger partial charge >= 0.3 is 0 Å². The zero-order chi connectivity index (χ0) is 9.42. The molecule has 1 N–H and O–H groups in total. The van der Waals surface area contributed by atoms with Crippen molar-refractivity contribution in [3.05, 3.63) is 22.2 Å². The topological polar surface area (TPSA) is 46.0 Å². The third-order valence-electron chi connectivity index (χ3n) is 2.13. The molecule has 1 heterocycles. The molecule has 0 saturated heterocycles. The van der Waals surface area contributed by atoms with Crippen LogP contribution in [0.4, 0.5) is 0 Å². The minimum atomic E-state index is -0.533. The van der Waals surface area contributed by atoms with Crippen molar-refractivity contribution in [2.45, 2.75) is 31.8 Å². The van der Waals surface area contributed by atoms with Gasteiger partial charge in [0.15, 0.2) is 0 Å². The first-order valence-electron chi connectivity index (χ1n) is 4.39. The first kappa shape index (κ1) is 9.09. The highest BCUT2D eigenvalue weighted by atomic mass is 79.9. The van der Waals surface area contributed by atoms with Gasteiger partial charge in [-0.05, 0) is 35.7 Å². The molecule has 1 aliphatic carbocycles. The van der Waals surface area contributed by atoms with Gasteiger partial charge in [0.2, 0.25) is 0 Å². The Kier molecular flexibility index (Phi) is 2.34. The Morgan fingerprint density at radius 1 is 1.62 bits per heavy atom. The van der Waals surface area contributed by atoms with Crippen molar-refractivity contribution < 1.29 is 5.11 Å². The van der Waals surface area contributed by atoms with Crippen LogP contribution in [0, 0.1) is 0 Å². The van der Waals surface area contributed by atoms with Gasteiger partial charge in [-0.25, -0.2) is 9.97 Å². The van der Waals surface area contributed by atoms with Crippen LogP contribution >= 0.6 is 15.9 Å². The van der Waals surface area contributed by atoms with E-state index in [2.05, 4.69) is 25.9 Å². The summed E-state index contributed by atoms with van der Waals surface area (Å²) < 4.78 is 0.784. The van der Waals surface area contributed by atoms with E-state index in [4.69, 9.17) is 0 Å². The van der Waals surface area contributed by atoms with Gasteiger partial charge in [0.1, 0.15) is 5.82 Å². The van der Waals surface area contributed by atoms with Gasteiger partial charge in [-0.2, -0.15) is 0 Å². The summed E-state index contributed by atoms with van der Waals surface area (Å²) in [6, 6.07) is 0. The Bertz CT molecular complexity index is 323. The predicted molar refractivity (Wildman–Crippen MR) is 52.3 cm³/mol. The van der Waals surface area contributed by atoms with Crippen LogP contribution in [0.2, 0.25) is 0 Å². The van der Waals surface area contributed by atoms with Crippen LogP contribution in [-0.4, -0.2) is 15.1 Å². The summed E-state index contributed by atoms with van der Waals surface area (Å²) in [6.45, 7) is 1.71. The van der Waals surface area contributed by atoms with Crippen LogP contribution in [0.25, 0.3) is 0 Å². The molecule has 1 aromatic heterocycles. The van der Waals surface area contributed by atoms with Gasteiger partial charge in [-0.3, -0.25) is 0 Å². The fraction of sp³-hybridized carbons (Fsp3) is 0.556. The highest BCUT2D eigenvalue weighted by Crippen LogP contribution is 2.38. The molecule has 0 aromatic carbocycles. The van der Waals surface area contributed by atoms with E-state index in [-0.39, 0.29) is 0 Å². The highest BCUT2D eigenvalue weighted by molar-refractivity contribution is 9.10. The number of hydrogen-bond donors (Lipinski definition) is 1. The minimum absolute atomic E-state index is 0.533. The fourth-order valence-corrected chi connectivity index (χ4v) is 1.75. The number of nitrogens with zero attached hydrogens (tertiary/aromatic N) is 2. The molecule has 1 aromatic rings. The van der Waals surface area contributed by atoms with E-state index in [1.165, 1.54) is 12.8 Å². The van der Waals surface area contributed by atoms with E-state index >= 15 is 0 Å². The summed E-state index contributed by atoms with van der Waals surface area (Å²) >= 11 is 3.32. The summed E-state index contributed by atoms with van der Waals surface area (Å²) in [7, 11) is 0. The molecule has 1 saturated carbocycles. The number of aliphatic hydroxyl groups is 1. The molecule has 13 heavy (non-hydrogen) atoms. The summed E-state index contributed by atoms with van der Waals surface area (Å²) in [5.41, 5.74) is 0.692. The average molecular weight is 243 g/mol. The van der Waals surface area contributed by atoms with E-state index in [0.29, 0.717) is 11.6 Å². The van der Waals surface area contributed by atoms with E-state index in [9.17, 15) is 5.11 Å². The van der Waals surface area contributed by atoms with Crippen LogP contribution in [0.15, 0.2) is 10.7 Å². The fourth-order valence-electron chi connectivity index (χ4n) is 1.23. The zero-order valence-corrected chi connectivity index (χ0v) is 8.95. The molecule has 0 spiro atoms. The van der Waals surface area contributed by atoms with Crippen molar-refractivity contribution in [3.8, 4) is 0 Å². The van der Waals surface area contributed by atoms with Crippen molar-refractivity contribution in [1.29, 1.82) is 0 Å². The molecule has 4 heteroatoms. The minimum Gasteiger partial charge on any atom is -0.387 e. The first-order chi connectivity index (χ1) is 6.18. The second kappa shape index (κ2) is 3.35. The van der Waals surface area contributed by atoms with E-state index < -0.39 is 6.10 Å². The molecular weight excluding hydrogens is 232 g/mol. The molecule has 2 rings (SSSR count). The number of rotatable bonds is 2. The lowest BCUT2D eigenvalue weighted by molar-refractivity contribution is 0.193. The average Bonchev–Trinajstić information content (AvgIpc) is 2.87. The number of halogens is 1. The molecule has 0 unspecified atom stereocenters. The molecule has 1 atom stereocenters. The number of hydrogen-bond acceptors (Lipinski definition) is 3. The van der Waals surface area contributed by atoms with Crippen molar-refractivity contribution in [2.75, 3.05) is 0 Å². The Morgan fingerprint density at radius 2 is 2.31 bits per heavy atom. The summed E-state index contributed by atoms with van der Waals surface area (Å²) in [5, 5.41) is 9.41. The molecule has 0 amide bonds. The van der Waals surface area contributed by atoms with Crippen molar-refractivity contribution in [2.24, 2.45) is 0 Å². The Balaban J connectivity index is 2.36. The maximum atomic E-state index is 9.41. The van der Waals surface area contributed by atoms with Gasteiger partial charge in [-0.1, -0.05) is 0 Å². The normalized spacial score (nSPS) is 18.7. The van der Waals surface area contributed by atoms with Gasteiger partial charge in [0, 0.05) is 12.1 Å². The Hall–Kier alpha value is -0.480. The Morgan fingerprint density at radius 3 is 2.85 bits per heavy atom. The highest BCUT2D eigenvalue weighted by Gasteiger charge is 2.27. The molecule has 3 nitrogen and oxygen atoms in total. The lowest BCUT2D eigenvalue weighted by Crippen LogP contribution is -2.02.